The highest BCUT2D eigenvalue weighted by atomic mass is 31.2. The van der Waals surface area contributed by atoms with E-state index in [1.165, 1.54) is 0 Å². The quantitative estimate of drug-likeness (QED) is 0.158. The maximum absolute atomic E-state index is 15.0. The lowest BCUT2D eigenvalue weighted by Gasteiger charge is -2.21. The van der Waals surface area contributed by atoms with Crippen LogP contribution >= 0.6 is 14.3 Å². The Hall–Kier alpha value is -5.00. The van der Waals surface area contributed by atoms with E-state index in [1.807, 2.05) is 152 Å². The highest BCUT2D eigenvalue weighted by Crippen LogP contribution is 2.44. The largest absolute Gasteiger partial charge is 0.309 e. The number of benzene rings is 7. The Morgan fingerprint density at radius 3 is 0.783 bits per heavy atom. The molecule has 0 aliphatic heterocycles. The van der Waals surface area contributed by atoms with E-state index in [4.69, 9.17) is 0 Å². The summed E-state index contributed by atoms with van der Waals surface area (Å²) in [7, 11) is -6.22. The van der Waals surface area contributed by atoms with Crippen LogP contribution in [-0.4, -0.2) is 0 Å². The maximum Gasteiger partial charge on any atom is 0.171 e. The summed E-state index contributed by atoms with van der Waals surface area (Å²) in [6, 6.07) is 63.6. The molecule has 0 heterocycles. The van der Waals surface area contributed by atoms with E-state index in [0.29, 0.717) is 0 Å². The first-order chi connectivity index (χ1) is 22.6. The van der Waals surface area contributed by atoms with Gasteiger partial charge in [-0.3, -0.25) is 0 Å². The highest BCUT2D eigenvalue weighted by molar-refractivity contribution is 7.85. The molecule has 46 heavy (non-hydrogen) atoms. The van der Waals surface area contributed by atoms with Gasteiger partial charge in [-0.2, -0.15) is 0 Å². The normalized spacial score (nSPS) is 11.7. The summed E-state index contributed by atoms with van der Waals surface area (Å²) in [5.74, 6) is 0. The van der Waals surface area contributed by atoms with Gasteiger partial charge in [0.1, 0.15) is 0 Å². The summed E-state index contributed by atoms with van der Waals surface area (Å²) in [6.07, 6.45) is 0. The third-order valence-electron chi connectivity index (χ3n) is 8.43. The third kappa shape index (κ3) is 5.52. The van der Waals surface area contributed by atoms with E-state index >= 15 is 9.13 Å². The van der Waals surface area contributed by atoms with Crippen LogP contribution < -0.4 is 31.8 Å². The van der Waals surface area contributed by atoms with Gasteiger partial charge in [0, 0.05) is 31.8 Å². The minimum absolute atomic E-state index is 0.793. The Labute approximate surface area is 270 Å². The molecule has 4 heteroatoms. The van der Waals surface area contributed by atoms with Crippen molar-refractivity contribution < 1.29 is 9.13 Å². The van der Waals surface area contributed by atoms with E-state index in [9.17, 15) is 0 Å². The molecule has 0 radical (unpaired) electrons. The average Bonchev–Trinajstić information content (AvgIpc) is 3.16. The summed E-state index contributed by atoms with van der Waals surface area (Å²) < 4.78 is 30.1. The van der Waals surface area contributed by atoms with Crippen molar-refractivity contribution in [2.24, 2.45) is 0 Å². The van der Waals surface area contributed by atoms with Gasteiger partial charge in [-0.1, -0.05) is 176 Å². The number of hydrogen-bond acceptors (Lipinski definition) is 2. The molecule has 7 aromatic rings. The second-order valence-electron chi connectivity index (χ2n) is 11.2. The molecule has 2 nitrogen and oxygen atoms in total. The summed E-state index contributed by atoms with van der Waals surface area (Å²) in [4.78, 5) is 0. The molecule has 0 spiro atoms. The lowest BCUT2D eigenvalue weighted by atomic mass is 9.99. The Balaban J connectivity index is 1.31. The van der Waals surface area contributed by atoms with Crippen LogP contribution in [0, 0.1) is 0 Å². The summed E-state index contributed by atoms with van der Waals surface area (Å²) >= 11 is 0. The van der Waals surface area contributed by atoms with Crippen molar-refractivity contribution in [2.75, 3.05) is 0 Å². The highest BCUT2D eigenvalue weighted by Gasteiger charge is 2.31. The van der Waals surface area contributed by atoms with Gasteiger partial charge in [-0.05, 0) is 40.5 Å². The predicted octanol–water partition coefficient (Wildman–Crippen LogP) is 8.30. The Kier molecular flexibility index (Phi) is 8.25. The molecular formula is C42H32O2P2. The molecule has 222 valence electrons. The van der Waals surface area contributed by atoms with Crippen molar-refractivity contribution in [3.63, 3.8) is 0 Å². The fourth-order valence-corrected chi connectivity index (χ4v) is 11.5. The molecule has 0 aliphatic rings. The first-order valence-electron chi connectivity index (χ1n) is 15.3. The molecule has 0 bridgehead atoms. The fraction of sp³-hybridized carbons (Fsp3) is 0. The number of hydrogen-bond donors (Lipinski definition) is 0. The van der Waals surface area contributed by atoms with Crippen LogP contribution in [0.1, 0.15) is 0 Å². The third-order valence-corrected chi connectivity index (χ3v) is 14.5. The standard InChI is InChI=1S/C42H32O2P2/c43-45(37-20-5-1-6-21-37,38-22-7-2-8-23-38)41-28-14-18-35(31-41)33-16-13-17-34(30-33)36-19-15-29-42(32-36)46(44,39-24-9-3-10-25-39)40-26-11-4-12-27-40/h1-32H. The van der Waals surface area contributed by atoms with Crippen molar-refractivity contribution in [1.29, 1.82) is 0 Å². The van der Waals surface area contributed by atoms with Crippen LogP contribution in [-0.2, 0) is 9.13 Å². The molecule has 0 aromatic heterocycles. The van der Waals surface area contributed by atoms with Crippen LogP contribution in [0.5, 0.6) is 0 Å². The van der Waals surface area contributed by atoms with Crippen LogP contribution in [0.2, 0.25) is 0 Å². The minimum atomic E-state index is -3.11. The predicted molar refractivity (Wildman–Crippen MR) is 196 cm³/mol. The van der Waals surface area contributed by atoms with Gasteiger partial charge in [0.05, 0.1) is 0 Å². The fourth-order valence-electron chi connectivity index (χ4n) is 6.09. The first kappa shape index (κ1) is 29.7. The monoisotopic (exact) mass is 630 g/mol. The zero-order valence-electron chi connectivity index (χ0n) is 25.2. The maximum atomic E-state index is 15.0. The number of rotatable bonds is 8. The van der Waals surface area contributed by atoms with Crippen LogP contribution in [0.25, 0.3) is 22.3 Å². The topological polar surface area (TPSA) is 34.1 Å². The van der Waals surface area contributed by atoms with Gasteiger partial charge in [0.15, 0.2) is 14.3 Å². The molecular weight excluding hydrogens is 598 g/mol. The molecule has 0 saturated heterocycles. The molecule has 0 unspecified atom stereocenters. The lowest BCUT2D eigenvalue weighted by Crippen LogP contribution is -2.25. The van der Waals surface area contributed by atoms with Gasteiger partial charge in [-0.25, -0.2) is 0 Å². The van der Waals surface area contributed by atoms with Crippen molar-refractivity contribution in [3.8, 4) is 22.3 Å². The summed E-state index contributed by atoms with van der Waals surface area (Å²) in [6.45, 7) is 0. The van der Waals surface area contributed by atoms with Crippen molar-refractivity contribution >= 4 is 46.1 Å². The summed E-state index contributed by atoms with van der Waals surface area (Å²) in [5, 5.41) is 4.83. The molecule has 0 saturated carbocycles. The molecule has 0 amide bonds. The molecule has 0 aliphatic carbocycles. The van der Waals surface area contributed by atoms with Gasteiger partial charge < -0.3 is 9.13 Å². The van der Waals surface area contributed by atoms with Crippen LogP contribution in [0.3, 0.4) is 0 Å². The molecule has 0 atom stereocenters. The Bertz CT molecular complexity index is 1950. The SMILES string of the molecule is O=P(c1ccccc1)(c1ccccc1)c1cccc(-c2cccc(-c3cccc(P(=O)(c4ccccc4)c4ccccc4)c3)c2)c1. The smallest absolute Gasteiger partial charge is 0.171 e. The second kappa shape index (κ2) is 12.8. The van der Waals surface area contributed by atoms with E-state index in [0.717, 1.165) is 54.1 Å². The van der Waals surface area contributed by atoms with Gasteiger partial charge >= 0.3 is 0 Å². The molecule has 0 fully saturated rings. The Morgan fingerprint density at radius 1 is 0.239 bits per heavy atom. The van der Waals surface area contributed by atoms with Crippen molar-refractivity contribution in [1.82, 2.24) is 0 Å². The van der Waals surface area contributed by atoms with Crippen molar-refractivity contribution in [2.45, 2.75) is 0 Å². The van der Waals surface area contributed by atoms with Gasteiger partial charge in [0.2, 0.25) is 0 Å². The van der Waals surface area contributed by atoms with Gasteiger partial charge in [0.25, 0.3) is 0 Å². The van der Waals surface area contributed by atoms with E-state index in [1.54, 1.807) is 0 Å². The molecule has 7 rings (SSSR count). The Morgan fingerprint density at radius 2 is 0.478 bits per heavy atom. The second-order valence-corrected chi connectivity index (χ2v) is 16.8. The molecule has 0 N–H and O–H groups in total. The first-order valence-corrected chi connectivity index (χ1v) is 18.7. The average molecular weight is 631 g/mol. The zero-order valence-corrected chi connectivity index (χ0v) is 27.0. The van der Waals surface area contributed by atoms with E-state index in [2.05, 4.69) is 42.5 Å². The van der Waals surface area contributed by atoms with Crippen molar-refractivity contribution in [3.05, 3.63) is 194 Å². The van der Waals surface area contributed by atoms with E-state index < -0.39 is 14.3 Å². The minimum Gasteiger partial charge on any atom is -0.309 e. The van der Waals surface area contributed by atoms with Crippen LogP contribution in [0.15, 0.2) is 194 Å². The van der Waals surface area contributed by atoms with Crippen LogP contribution in [0.4, 0.5) is 0 Å². The van der Waals surface area contributed by atoms with Gasteiger partial charge in [-0.15, -0.1) is 0 Å². The van der Waals surface area contributed by atoms with E-state index in [-0.39, 0.29) is 0 Å². The molecule has 7 aromatic carbocycles. The summed E-state index contributed by atoms with van der Waals surface area (Å²) in [5.41, 5.74) is 4.02. The lowest BCUT2D eigenvalue weighted by molar-refractivity contribution is 0.591. The zero-order chi connectivity index (χ0) is 31.4.